The molecule has 2 aromatic carbocycles. The highest BCUT2D eigenvalue weighted by Crippen LogP contribution is 2.21. The van der Waals surface area contributed by atoms with E-state index in [-0.39, 0.29) is 24.9 Å². The van der Waals surface area contributed by atoms with Crippen molar-refractivity contribution in [3.8, 4) is 0 Å². The standard InChI is InChI=1S/C19H21N5O2S/c1-12-6-4-7-13(2)18(12)21-17(26)11-24(3)10-16(25)20-14-8-5-9-15-19(14)23-27-22-15/h4-9H,10-11H2,1-3H3,(H,20,25)(H,21,26). The predicted molar refractivity (Wildman–Crippen MR) is 108 cm³/mol. The van der Waals surface area contributed by atoms with E-state index in [1.807, 2.05) is 44.2 Å². The second-order valence-electron chi connectivity index (χ2n) is 6.47. The maximum absolute atomic E-state index is 12.3. The number of aryl methyl sites for hydroxylation is 2. The van der Waals surface area contributed by atoms with E-state index in [2.05, 4.69) is 19.4 Å². The van der Waals surface area contributed by atoms with Crippen LogP contribution in [0.4, 0.5) is 11.4 Å². The number of rotatable bonds is 6. The fraction of sp³-hybridized carbons (Fsp3) is 0.263. The van der Waals surface area contributed by atoms with Crippen molar-refractivity contribution in [1.29, 1.82) is 0 Å². The zero-order valence-electron chi connectivity index (χ0n) is 15.4. The molecule has 0 fully saturated rings. The number of aromatic nitrogens is 2. The number of carbonyl (C=O) groups is 2. The van der Waals surface area contributed by atoms with Crippen molar-refractivity contribution in [2.45, 2.75) is 13.8 Å². The largest absolute Gasteiger partial charge is 0.324 e. The summed E-state index contributed by atoms with van der Waals surface area (Å²) < 4.78 is 8.36. The van der Waals surface area contributed by atoms with Crippen LogP contribution in [0.1, 0.15) is 11.1 Å². The third-order valence-corrected chi connectivity index (χ3v) is 4.68. The van der Waals surface area contributed by atoms with Gasteiger partial charge in [-0.15, -0.1) is 0 Å². The molecule has 0 aliphatic rings. The lowest BCUT2D eigenvalue weighted by atomic mass is 10.1. The fourth-order valence-corrected chi connectivity index (χ4v) is 3.38. The number of hydrogen-bond acceptors (Lipinski definition) is 6. The van der Waals surface area contributed by atoms with E-state index in [4.69, 9.17) is 0 Å². The molecular formula is C19H21N5O2S. The summed E-state index contributed by atoms with van der Waals surface area (Å²) >= 11 is 1.10. The zero-order valence-corrected chi connectivity index (χ0v) is 16.3. The molecule has 3 rings (SSSR count). The van der Waals surface area contributed by atoms with Crippen LogP contribution in [0.2, 0.25) is 0 Å². The number of carbonyl (C=O) groups excluding carboxylic acids is 2. The third-order valence-electron chi connectivity index (χ3n) is 4.13. The van der Waals surface area contributed by atoms with E-state index in [9.17, 15) is 9.59 Å². The molecule has 140 valence electrons. The molecule has 0 saturated heterocycles. The average molecular weight is 383 g/mol. The number of nitrogens with one attached hydrogen (secondary N) is 2. The molecule has 0 aliphatic carbocycles. The molecule has 1 aromatic heterocycles. The van der Waals surface area contributed by atoms with E-state index >= 15 is 0 Å². The lowest BCUT2D eigenvalue weighted by Gasteiger charge is -2.17. The van der Waals surface area contributed by atoms with Gasteiger partial charge in [-0.1, -0.05) is 24.3 Å². The summed E-state index contributed by atoms with van der Waals surface area (Å²) in [6.45, 7) is 4.11. The molecule has 0 bridgehead atoms. The van der Waals surface area contributed by atoms with E-state index < -0.39 is 0 Å². The van der Waals surface area contributed by atoms with Crippen molar-refractivity contribution in [3.63, 3.8) is 0 Å². The molecule has 27 heavy (non-hydrogen) atoms. The third kappa shape index (κ3) is 4.66. The highest BCUT2D eigenvalue weighted by Gasteiger charge is 2.14. The quantitative estimate of drug-likeness (QED) is 0.683. The number of anilines is 2. The van der Waals surface area contributed by atoms with Gasteiger partial charge in [-0.2, -0.15) is 8.75 Å². The number of fused-ring (bicyclic) bond motifs is 1. The maximum atomic E-state index is 12.3. The molecule has 0 aliphatic heterocycles. The van der Waals surface area contributed by atoms with Crippen LogP contribution >= 0.6 is 11.7 Å². The monoisotopic (exact) mass is 383 g/mol. The summed E-state index contributed by atoms with van der Waals surface area (Å²) in [6.07, 6.45) is 0. The van der Waals surface area contributed by atoms with Gasteiger partial charge >= 0.3 is 0 Å². The predicted octanol–water partition coefficient (Wildman–Crippen LogP) is 2.82. The Kier molecular flexibility index (Phi) is 5.78. The highest BCUT2D eigenvalue weighted by atomic mass is 32.1. The number of amides is 2. The molecule has 0 spiro atoms. The van der Waals surface area contributed by atoms with Gasteiger partial charge in [0.05, 0.1) is 30.5 Å². The number of hydrogen-bond donors (Lipinski definition) is 2. The van der Waals surface area contributed by atoms with Crippen LogP contribution in [0.25, 0.3) is 11.0 Å². The van der Waals surface area contributed by atoms with Crippen LogP contribution in [0.15, 0.2) is 36.4 Å². The molecule has 7 nitrogen and oxygen atoms in total. The summed E-state index contributed by atoms with van der Waals surface area (Å²) in [6, 6.07) is 11.3. The van der Waals surface area contributed by atoms with Crippen molar-refractivity contribution in [2.75, 3.05) is 30.8 Å². The van der Waals surface area contributed by atoms with E-state index in [0.717, 1.165) is 34.1 Å². The Bertz CT molecular complexity index is 965. The van der Waals surface area contributed by atoms with Gasteiger partial charge in [0.15, 0.2) is 0 Å². The molecule has 3 aromatic rings. The molecule has 1 heterocycles. The summed E-state index contributed by atoms with van der Waals surface area (Å²) in [5.41, 5.74) is 4.88. The van der Waals surface area contributed by atoms with E-state index in [1.54, 1.807) is 18.0 Å². The van der Waals surface area contributed by atoms with Gasteiger partial charge in [0.2, 0.25) is 11.8 Å². The van der Waals surface area contributed by atoms with Crippen LogP contribution < -0.4 is 10.6 Å². The number of nitrogens with zero attached hydrogens (tertiary/aromatic N) is 3. The maximum Gasteiger partial charge on any atom is 0.238 e. The van der Waals surface area contributed by atoms with Gasteiger partial charge in [0.25, 0.3) is 0 Å². The lowest BCUT2D eigenvalue weighted by molar-refractivity contribution is -0.119. The Balaban J connectivity index is 1.55. The van der Waals surface area contributed by atoms with E-state index in [1.165, 1.54) is 0 Å². The molecule has 2 N–H and O–H groups in total. The molecule has 0 atom stereocenters. The molecule has 8 heteroatoms. The van der Waals surface area contributed by atoms with Crippen LogP contribution in [0, 0.1) is 13.8 Å². The summed E-state index contributed by atoms with van der Waals surface area (Å²) in [4.78, 5) is 26.3. The number of likely N-dealkylation sites (N-methyl/N-ethyl adjacent to an activating group) is 1. The average Bonchev–Trinajstić information content (AvgIpc) is 3.08. The van der Waals surface area contributed by atoms with Gasteiger partial charge in [0, 0.05) is 5.69 Å². The molecule has 0 radical (unpaired) electrons. The number of para-hydroxylation sites is 1. The van der Waals surface area contributed by atoms with Crippen molar-refractivity contribution in [1.82, 2.24) is 13.6 Å². The number of benzene rings is 2. The smallest absolute Gasteiger partial charge is 0.238 e. The Hall–Kier alpha value is -2.84. The zero-order chi connectivity index (χ0) is 19.4. The van der Waals surface area contributed by atoms with Crippen molar-refractivity contribution >= 4 is 46.0 Å². The first-order valence-corrected chi connectivity index (χ1v) is 9.23. The first kappa shape index (κ1) is 18.9. The summed E-state index contributed by atoms with van der Waals surface area (Å²) in [7, 11) is 1.73. The SMILES string of the molecule is Cc1cccc(C)c1NC(=O)CN(C)CC(=O)Nc1cccc2nsnc12. The molecule has 0 unspecified atom stereocenters. The second-order valence-corrected chi connectivity index (χ2v) is 7.00. The first-order valence-electron chi connectivity index (χ1n) is 8.50. The van der Waals surface area contributed by atoms with Gasteiger partial charge in [-0.3, -0.25) is 14.5 Å². The fourth-order valence-electron chi connectivity index (χ4n) is 2.83. The van der Waals surface area contributed by atoms with Gasteiger partial charge < -0.3 is 10.6 Å². The van der Waals surface area contributed by atoms with Crippen molar-refractivity contribution < 1.29 is 9.59 Å². The highest BCUT2D eigenvalue weighted by molar-refractivity contribution is 7.00. The van der Waals surface area contributed by atoms with Crippen LogP contribution in [0.3, 0.4) is 0 Å². The van der Waals surface area contributed by atoms with Gasteiger partial charge in [0.1, 0.15) is 11.0 Å². The van der Waals surface area contributed by atoms with Crippen molar-refractivity contribution in [3.05, 3.63) is 47.5 Å². The first-order chi connectivity index (χ1) is 12.9. The van der Waals surface area contributed by atoms with Gasteiger partial charge in [-0.05, 0) is 44.2 Å². The minimum Gasteiger partial charge on any atom is -0.324 e. The normalized spacial score (nSPS) is 11.0. The van der Waals surface area contributed by atoms with Gasteiger partial charge in [-0.25, -0.2) is 0 Å². The lowest BCUT2D eigenvalue weighted by Crippen LogP contribution is -2.36. The van der Waals surface area contributed by atoms with Crippen LogP contribution in [-0.2, 0) is 9.59 Å². The minimum absolute atomic E-state index is 0.0914. The van der Waals surface area contributed by atoms with Crippen LogP contribution in [0.5, 0.6) is 0 Å². The Morgan fingerprint density at radius 2 is 1.59 bits per heavy atom. The second kappa shape index (κ2) is 8.24. The minimum atomic E-state index is -0.210. The van der Waals surface area contributed by atoms with Crippen LogP contribution in [-0.4, -0.2) is 45.6 Å². The van der Waals surface area contributed by atoms with Crippen molar-refractivity contribution in [2.24, 2.45) is 0 Å². The Labute approximate surface area is 161 Å². The summed E-state index contributed by atoms with van der Waals surface area (Å²) in [5.74, 6) is -0.369. The van der Waals surface area contributed by atoms with E-state index in [0.29, 0.717) is 11.2 Å². The molecule has 2 amide bonds. The summed E-state index contributed by atoms with van der Waals surface area (Å²) in [5, 5.41) is 5.76. The molecular weight excluding hydrogens is 362 g/mol. The molecule has 0 saturated carbocycles. The Morgan fingerprint density at radius 1 is 0.963 bits per heavy atom. The Morgan fingerprint density at radius 3 is 2.30 bits per heavy atom. The topological polar surface area (TPSA) is 87.2 Å².